The third-order valence-electron chi connectivity index (χ3n) is 1.95. The maximum Gasteiger partial charge on any atom is 0.416 e. The number of anilines is 2. The SMILES string of the molecule is O=c1[nH]nc(Nc2cccc(C(F)(F)F)c2)[nH]1. The van der Waals surface area contributed by atoms with Crippen LogP contribution in [0.25, 0.3) is 0 Å². The summed E-state index contributed by atoms with van der Waals surface area (Å²) in [5.74, 6) is 0.0503. The molecule has 0 radical (unpaired) electrons. The van der Waals surface area contributed by atoms with Crippen LogP contribution in [0.5, 0.6) is 0 Å². The van der Waals surface area contributed by atoms with Crippen LogP contribution in [0, 0.1) is 0 Å². The highest BCUT2D eigenvalue weighted by molar-refractivity contribution is 5.54. The quantitative estimate of drug-likeness (QED) is 0.754. The maximum absolute atomic E-state index is 12.4. The van der Waals surface area contributed by atoms with Crippen molar-refractivity contribution in [3.8, 4) is 0 Å². The second-order valence-corrected chi connectivity index (χ2v) is 3.23. The Morgan fingerprint density at radius 1 is 1.29 bits per heavy atom. The fraction of sp³-hybridized carbons (Fsp3) is 0.111. The molecule has 0 amide bonds. The van der Waals surface area contributed by atoms with E-state index in [0.29, 0.717) is 0 Å². The monoisotopic (exact) mass is 244 g/mol. The minimum Gasteiger partial charge on any atom is -0.324 e. The Morgan fingerprint density at radius 2 is 2.06 bits per heavy atom. The number of nitrogens with zero attached hydrogens (tertiary/aromatic N) is 1. The molecule has 0 aliphatic heterocycles. The second-order valence-electron chi connectivity index (χ2n) is 3.23. The summed E-state index contributed by atoms with van der Waals surface area (Å²) in [5.41, 5.74) is -1.14. The first-order chi connectivity index (χ1) is 7.95. The lowest BCUT2D eigenvalue weighted by molar-refractivity contribution is -0.137. The predicted molar refractivity (Wildman–Crippen MR) is 53.9 cm³/mol. The van der Waals surface area contributed by atoms with Crippen molar-refractivity contribution < 1.29 is 13.2 Å². The summed E-state index contributed by atoms with van der Waals surface area (Å²) in [7, 11) is 0. The first-order valence-electron chi connectivity index (χ1n) is 4.54. The number of benzene rings is 1. The van der Waals surface area contributed by atoms with E-state index in [2.05, 4.69) is 20.5 Å². The van der Waals surface area contributed by atoms with Gasteiger partial charge < -0.3 is 5.32 Å². The van der Waals surface area contributed by atoms with Gasteiger partial charge in [0.2, 0.25) is 5.95 Å². The minimum atomic E-state index is -4.41. The molecule has 0 aliphatic rings. The summed E-state index contributed by atoms with van der Waals surface area (Å²) in [6.45, 7) is 0. The van der Waals surface area contributed by atoms with Crippen LogP contribution in [0.15, 0.2) is 29.1 Å². The minimum absolute atomic E-state index is 0.0503. The second kappa shape index (κ2) is 3.96. The average molecular weight is 244 g/mol. The lowest BCUT2D eigenvalue weighted by Gasteiger charge is -2.08. The molecule has 0 fully saturated rings. The van der Waals surface area contributed by atoms with E-state index in [0.717, 1.165) is 12.1 Å². The highest BCUT2D eigenvalue weighted by Crippen LogP contribution is 2.30. The van der Waals surface area contributed by atoms with Gasteiger partial charge in [-0.3, -0.25) is 4.98 Å². The van der Waals surface area contributed by atoms with Crippen LogP contribution < -0.4 is 11.0 Å². The van der Waals surface area contributed by atoms with Crippen molar-refractivity contribution >= 4 is 11.6 Å². The number of hydrogen-bond acceptors (Lipinski definition) is 3. The summed E-state index contributed by atoms with van der Waals surface area (Å²) < 4.78 is 37.2. The largest absolute Gasteiger partial charge is 0.416 e. The summed E-state index contributed by atoms with van der Waals surface area (Å²) in [6.07, 6.45) is -4.41. The third-order valence-corrected chi connectivity index (χ3v) is 1.95. The van der Waals surface area contributed by atoms with Crippen molar-refractivity contribution in [3.63, 3.8) is 0 Å². The molecular weight excluding hydrogens is 237 g/mol. The standard InChI is InChI=1S/C9H7F3N4O/c10-9(11,12)5-2-1-3-6(4-5)13-7-14-8(17)16-15-7/h1-4H,(H3,13,14,15,16,17). The molecule has 3 N–H and O–H groups in total. The lowest BCUT2D eigenvalue weighted by atomic mass is 10.2. The normalized spacial score (nSPS) is 11.5. The molecule has 0 spiro atoms. The van der Waals surface area contributed by atoms with Gasteiger partial charge in [0, 0.05) is 5.69 Å². The fourth-order valence-electron chi connectivity index (χ4n) is 1.24. The van der Waals surface area contributed by atoms with E-state index in [1.807, 2.05) is 0 Å². The zero-order valence-electron chi connectivity index (χ0n) is 8.30. The third kappa shape index (κ3) is 2.65. The zero-order chi connectivity index (χ0) is 12.5. The summed E-state index contributed by atoms with van der Waals surface area (Å²) in [6, 6.07) is 4.57. The van der Waals surface area contributed by atoms with Gasteiger partial charge in [-0.2, -0.15) is 13.2 Å². The molecule has 90 valence electrons. The summed E-state index contributed by atoms with van der Waals surface area (Å²) in [5, 5.41) is 8.14. The smallest absolute Gasteiger partial charge is 0.324 e. The van der Waals surface area contributed by atoms with E-state index in [4.69, 9.17) is 0 Å². The van der Waals surface area contributed by atoms with Crippen LogP contribution in [0.1, 0.15) is 5.56 Å². The number of alkyl halides is 3. The van der Waals surface area contributed by atoms with Gasteiger partial charge in [0.1, 0.15) is 0 Å². The number of nitrogens with one attached hydrogen (secondary N) is 3. The Morgan fingerprint density at radius 3 is 2.65 bits per heavy atom. The fourth-order valence-corrected chi connectivity index (χ4v) is 1.24. The molecule has 0 saturated carbocycles. The van der Waals surface area contributed by atoms with Gasteiger partial charge in [-0.25, -0.2) is 9.89 Å². The van der Waals surface area contributed by atoms with Crippen LogP contribution in [-0.4, -0.2) is 15.2 Å². The van der Waals surface area contributed by atoms with Crippen LogP contribution in [0.4, 0.5) is 24.8 Å². The average Bonchev–Trinajstić information content (AvgIpc) is 2.63. The molecule has 0 bridgehead atoms. The number of halogens is 3. The Hall–Kier alpha value is -2.25. The van der Waals surface area contributed by atoms with Gasteiger partial charge in [0.05, 0.1) is 5.56 Å². The Kier molecular flexibility index (Phi) is 2.62. The van der Waals surface area contributed by atoms with Crippen molar-refractivity contribution in [2.24, 2.45) is 0 Å². The molecule has 0 saturated heterocycles. The molecule has 1 aromatic heterocycles. The van der Waals surface area contributed by atoms with Crippen LogP contribution >= 0.6 is 0 Å². The van der Waals surface area contributed by atoms with Gasteiger partial charge >= 0.3 is 11.9 Å². The summed E-state index contributed by atoms with van der Waals surface area (Å²) >= 11 is 0. The van der Waals surface area contributed by atoms with Crippen LogP contribution in [-0.2, 0) is 6.18 Å². The number of aromatic nitrogens is 3. The molecule has 5 nitrogen and oxygen atoms in total. The first kappa shape index (κ1) is 11.2. The molecule has 0 unspecified atom stereocenters. The van der Waals surface area contributed by atoms with E-state index in [9.17, 15) is 18.0 Å². The molecule has 2 aromatic rings. The Balaban J connectivity index is 2.25. The molecule has 2 rings (SSSR count). The predicted octanol–water partition coefficient (Wildman–Crippen LogP) is 1.86. The van der Waals surface area contributed by atoms with E-state index in [1.165, 1.54) is 12.1 Å². The van der Waals surface area contributed by atoms with E-state index >= 15 is 0 Å². The highest BCUT2D eigenvalue weighted by atomic mass is 19.4. The number of aromatic amines is 2. The molecule has 17 heavy (non-hydrogen) atoms. The lowest BCUT2D eigenvalue weighted by Crippen LogP contribution is -2.05. The van der Waals surface area contributed by atoms with Crippen molar-refractivity contribution in [1.29, 1.82) is 0 Å². The van der Waals surface area contributed by atoms with Crippen LogP contribution in [0.3, 0.4) is 0 Å². The molecule has 8 heteroatoms. The van der Waals surface area contributed by atoms with Crippen LogP contribution in [0.2, 0.25) is 0 Å². The molecule has 1 heterocycles. The topological polar surface area (TPSA) is 73.6 Å². The van der Waals surface area contributed by atoms with Crippen molar-refractivity contribution in [2.45, 2.75) is 6.18 Å². The number of hydrogen-bond donors (Lipinski definition) is 3. The molecule has 1 aromatic carbocycles. The Bertz CT molecular complexity index is 572. The van der Waals surface area contributed by atoms with E-state index in [-0.39, 0.29) is 11.6 Å². The molecule has 0 atom stereocenters. The molecular formula is C9H7F3N4O. The van der Waals surface area contributed by atoms with Crippen molar-refractivity contribution in [1.82, 2.24) is 15.2 Å². The van der Waals surface area contributed by atoms with Gasteiger partial charge in [0.25, 0.3) is 0 Å². The van der Waals surface area contributed by atoms with E-state index < -0.39 is 17.4 Å². The van der Waals surface area contributed by atoms with Gasteiger partial charge in [-0.05, 0) is 18.2 Å². The highest BCUT2D eigenvalue weighted by Gasteiger charge is 2.30. The zero-order valence-corrected chi connectivity index (χ0v) is 8.30. The first-order valence-corrected chi connectivity index (χ1v) is 4.54. The van der Waals surface area contributed by atoms with Gasteiger partial charge in [-0.1, -0.05) is 6.07 Å². The number of H-pyrrole nitrogens is 2. The summed E-state index contributed by atoms with van der Waals surface area (Å²) in [4.78, 5) is 13.0. The Labute approximate surface area is 92.7 Å². The van der Waals surface area contributed by atoms with Crippen molar-refractivity contribution in [3.05, 3.63) is 40.3 Å². The van der Waals surface area contributed by atoms with Gasteiger partial charge in [0.15, 0.2) is 0 Å². The number of rotatable bonds is 2. The van der Waals surface area contributed by atoms with E-state index in [1.54, 1.807) is 0 Å². The molecule has 0 aliphatic carbocycles. The van der Waals surface area contributed by atoms with Crippen molar-refractivity contribution in [2.75, 3.05) is 5.32 Å². The maximum atomic E-state index is 12.4. The van der Waals surface area contributed by atoms with Gasteiger partial charge in [-0.15, -0.1) is 5.10 Å².